The first-order chi connectivity index (χ1) is 12.7. The molecule has 1 aromatic carbocycles. The van der Waals surface area contributed by atoms with Crippen LogP contribution in [0.15, 0.2) is 48.8 Å². The zero-order valence-electron chi connectivity index (χ0n) is 14.6. The van der Waals surface area contributed by atoms with Gasteiger partial charge >= 0.3 is 5.97 Å². The molecule has 0 radical (unpaired) electrons. The van der Waals surface area contributed by atoms with E-state index in [-0.39, 0.29) is 12.0 Å². The van der Waals surface area contributed by atoms with Gasteiger partial charge in [-0.15, -0.1) is 0 Å². The van der Waals surface area contributed by atoms with Gasteiger partial charge in [0.25, 0.3) is 0 Å². The predicted octanol–water partition coefficient (Wildman–Crippen LogP) is 3.30. The van der Waals surface area contributed by atoms with Gasteiger partial charge < -0.3 is 10.1 Å². The van der Waals surface area contributed by atoms with E-state index >= 15 is 0 Å². The molecule has 2 aromatic rings. The van der Waals surface area contributed by atoms with Crippen LogP contribution in [0.1, 0.15) is 41.2 Å². The Balaban J connectivity index is 1.62. The second-order valence-corrected chi connectivity index (χ2v) is 6.53. The summed E-state index contributed by atoms with van der Waals surface area (Å²) in [5.41, 5.74) is 5.80. The maximum Gasteiger partial charge on any atom is 0.337 e. The van der Waals surface area contributed by atoms with E-state index in [1.165, 1.54) is 19.1 Å². The highest BCUT2D eigenvalue weighted by molar-refractivity contribution is 7.80. The summed E-state index contributed by atoms with van der Waals surface area (Å²) in [7, 11) is 1.37. The van der Waals surface area contributed by atoms with Crippen molar-refractivity contribution in [2.45, 2.75) is 25.3 Å². The summed E-state index contributed by atoms with van der Waals surface area (Å²) < 4.78 is 4.70. The molecule has 3 rings (SSSR count). The van der Waals surface area contributed by atoms with Crippen LogP contribution in [0.3, 0.4) is 0 Å². The molecular formula is C19H22N4O2S. The fourth-order valence-corrected chi connectivity index (χ4v) is 3.32. The minimum atomic E-state index is -0.357. The number of hydrogen-bond donors (Lipinski definition) is 2. The standard InChI is InChI=1S/C19H22N4O2S/c1-25-18(24)14-7-9-16(10-8-14)21-19(26)22-23-12-3-2-6-17(23)15-5-4-11-20-13-15/h4-5,7-11,13,17H,2-3,6,12H2,1H3,(H2,21,22,26)/t17-/m1/s1. The molecule has 1 aliphatic heterocycles. The maximum atomic E-state index is 11.5. The smallest absolute Gasteiger partial charge is 0.337 e. The minimum absolute atomic E-state index is 0.249. The van der Waals surface area contributed by atoms with E-state index in [1.54, 1.807) is 30.5 Å². The van der Waals surface area contributed by atoms with Crippen molar-refractivity contribution in [1.29, 1.82) is 0 Å². The first-order valence-electron chi connectivity index (χ1n) is 8.60. The molecule has 136 valence electrons. The number of nitrogens with zero attached hydrogens (tertiary/aromatic N) is 2. The number of carbonyl (C=O) groups excluding carboxylic acids is 1. The van der Waals surface area contributed by atoms with Gasteiger partial charge in [-0.25, -0.2) is 9.80 Å². The van der Waals surface area contributed by atoms with E-state index in [2.05, 4.69) is 26.8 Å². The van der Waals surface area contributed by atoms with Gasteiger partial charge in [-0.1, -0.05) is 12.5 Å². The molecule has 0 aliphatic carbocycles. The maximum absolute atomic E-state index is 11.5. The van der Waals surface area contributed by atoms with Gasteiger partial charge in [0, 0.05) is 24.6 Å². The molecule has 0 saturated carbocycles. The second kappa shape index (κ2) is 8.73. The van der Waals surface area contributed by atoms with Gasteiger partial charge in [0.15, 0.2) is 5.11 Å². The number of ether oxygens (including phenoxy) is 1. The Morgan fingerprint density at radius 2 is 2.08 bits per heavy atom. The lowest BCUT2D eigenvalue weighted by molar-refractivity contribution is 0.0601. The van der Waals surface area contributed by atoms with Crippen LogP contribution in [0.5, 0.6) is 0 Å². The summed E-state index contributed by atoms with van der Waals surface area (Å²) in [5, 5.41) is 5.84. The monoisotopic (exact) mass is 370 g/mol. The normalized spacial score (nSPS) is 17.3. The molecule has 0 unspecified atom stereocenters. The number of esters is 1. The average Bonchev–Trinajstić information content (AvgIpc) is 2.69. The highest BCUT2D eigenvalue weighted by Gasteiger charge is 2.24. The average molecular weight is 370 g/mol. The minimum Gasteiger partial charge on any atom is -0.465 e. The molecule has 1 atom stereocenters. The highest BCUT2D eigenvalue weighted by atomic mass is 32.1. The largest absolute Gasteiger partial charge is 0.465 e. The Morgan fingerprint density at radius 1 is 1.27 bits per heavy atom. The number of aromatic nitrogens is 1. The summed E-state index contributed by atoms with van der Waals surface area (Å²) in [4.78, 5) is 15.7. The summed E-state index contributed by atoms with van der Waals surface area (Å²) in [5.74, 6) is -0.357. The quantitative estimate of drug-likeness (QED) is 0.632. The molecule has 7 heteroatoms. The number of benzene rings is 1. The van der Waals surface area contributed by atoms with Crippen molar-refractivity contribution in [2.75, 3.05) is 19.0 Å². The first-order valence-corrected chi connectivity index (χ1v) is 9.01. The number of pyridine rings is 1. The van der Waals surface area contributed by atoms with Crippen LogP contribution in [-0.4, -0.2) is 34.7 Å². The lowest BCUT2D eigenvalue weighted by Gasteiger charge is -2.36. The molecule has 1 aliphatic rings. The van der Waals surface area contributed by atoms with Crippen LogP contribution in [0.25, 0.3) is 0 Å². The van der Waals surface area contributed by atoms with Gasteiger partial charge in [-0.2, -0.15) is 0 Å². The highest BCUT2D eigenvalue weighted by Crippen LogP contribution is 2.28. The van der Waals surface area contributed by atoms with E-state index in [0.29, 0.717) is 10.7 Å². The molecule has 1 aromatic heterocycles. The van der Waals surface area contributed by atoms with Crippen molar-refractivity contribution in [1.82, 2.24) is 15.4 Å². The van der Waals surface area contributed by atoms with Gasteiger partial charge in [-0.3, -0.25) is 10.4 Å². The SMILES string of the molecule is COC(=O)c1ccc(NC(=S)NN2CCCC[C@@H]2c2cccnc2)cc1. The number of piperidine rings is 1. The van der Waals surface area contributed by atoms with Crippen molar-refractivity contribution in [3.63, 3.8) is 0 Å². The van der Waals surface area contributed by atoms with E-state index in [9.17, 15) is 4.79 Å². The number of hydrazine groups is 1. The van der Waals surface area contributed by atoms with Crippen molar-refractivity contribution < 1.29 is 9.53 Å². The fraction of sp³-hybridized carbons (Fsp3) is 0.316. The van der Waals surface area contributed by atoms with Crippen LogP contribution in [0.2, 0.25) is 0 Å². The van der Waals surface area contributed by atoms with Crippen LogP contribution in [0.4, 0.5) is 5.69 Å². The van der Waals surface area contributed by atoms with Crippen LogP contribution >= 0.6 is 12.2 Å². The van der Waals surface area contributed by atoms with Gasteiger partial charge in [0.2, 0.25) is 0 Å². The zero-order valence-corrected chi connectivity index (χ0v) is 15.5. The number of thiocarbonyl (C=S) groups is 1. The van der Waals surface area contributed by atoms with E-state index < -0.39 is 0 Å². The summed E-state index contributed by atoms with van der Waals surface area (Å²) in [6, 6.07) is 11.3. The number of carbonyl (C=O) groups is 1. The predicted molar refractivity (Wildman–Crippen MR) is 105 cm³/mol. The molecule has 2 heterocycles. The summed E-state index contributed by atoms with van der Waals surface area (Å²) >= 11 is 5.46. The van der Waals surface area contributed by atoms with Gasteiger partial charge in [0.1, 0.15) is 0 Å². The Labute approximate surface area is 158 Å². The number of anilines is 1. The number of hydrogen-bond acceptors (Lipinski definition) is 5. The molecule has 0 bridgehead atoms. The third-order valence-corrected chi connectivity index (χ3v) is 4.57. The van der Waals surface area contributed by atoms with Crippen molar-refractivity contribution >= 4 is 29.0 Å². The van der Waals surface area contributed by atoms with Gasteiger partial charge in [0.05, 0.1) is 18.7 Å². The molecule has 1 fully saturated rings. The summed E-state index contributed by atoms with van der Waals surface area (Å²) in [6.07, 6.45) is 7.07. The molecule has 0 amide bonds. The Bertz CT molecular complexity index is 752. The van der Waals surface area contributed by atoms with Crippen molar-refractivity contribution in [3.05, 3.63) is 59.9 Å². The lowest BCUT2D eigenvalue weighted by atomic mass is 9.98. The van der Waals surface area contributed by atoms with Gasteiger partial charge in [-0.05, 0) is 61.0 Å². The number of rotatable bonds is 4. The molecule has 0 spiro atoms. The van der Waals surface area contributed by atoms with Crippen molar-refractivity contribution in [2.24, 2.45) is 0 Å². The molecular weight excluding hydrogens is 348 g/mol. The Morgan fingerprint density at radius 3 is 2.77 bits per heavy atom. The Kier molecular flexibility index (Phi) is 6.14. The van der Waals surface area contributed by atoms with Crippen LogP contribution in [0, 0.1) is 0 Å². The van der Waals surface area contributed by atoms with E-state index in [1.807, 2.05) is 12.3 Å². The van der Waals surface area contributed by atoms with E-state index in [0.717, 1.165) is 25.1 Å². The second-order valence-electron chi connectivity index (χ2n) is 6.13. The first kappa shape index (κ1) is 18.3. The zero-order chi connectivity index (χ0) is 18.4. The number of methoxy groups -OCH3 is 1. The van der Waals surface area contributed by atoms with E-state index in [4.69, 9.17) is 17.0 Å². The summed E-state index contributed by atoms with van der Waals surface area (Å²) in [6.45, 7) is 0.919. The topological polar surface area (TPSA) is 66.5 Å². The molecule has 26 heavy (non-hydrogen) atoms. The molecule has 1 saturated heterocycles. The van der Waals surface area contributed by atoms with Crippen LogP contribution in [-0.2, 0) is 4.74 Å². The number of nitrogens with one attached hydrogen (secondary N) is 2. The molecule has 6 nitrogen and oxygen atoms in total. The van der Waals surface area contributed by atoms with Crippen LogP contribution < -0.4 is 10.7 Å². The third-order valence-electron chi connectivity index (χ3n) is 4.38. The third kappa shape index (κ3) is 4.56. The lowest BCUT2D eigenvalue weighted by Crippen LogP contribution is -2.48. The fourth-order valence-electron chi connectivity index (χ4n) is 3.08. The molecule has 2 N–H and O–H groups in total. The Hall–Kier alpha value is -2.51. The van der Waals surface area contributed by atoms with Crippen molar-refractivity contribution in [3.8, 4) is 0 Å².